The number of aromatic nitrogens is 2. The van der Waals surface area contributed by atoms with Crippen molar-refractivity contribution in [2.45, 2.75) is 19.9 Å². The van der Waals surface area contributed by atoms with Gasteiger partial charge in [-0.15, -0.1) is 0 Å². The minimum Gasteiger partial charge on any atom is -0.497 e. The fourth-order valence-corrected chi connectivity index (χ4v) is 2.07. The Morgan fingerprint density at radius 1 is 1.26 bits per heavy atom. The van der Waals surface area contributed by atoms with Gasteiger partial charge in [-0.05, 0) is 26.0 Å². The summed E-state index contributed by atoms with van der Waals surface area (Å²) in [5.74, 6) is 1.50. The second kappa shape index (κ2) is 5.32. The van der Waals surface area contributed by atoms with E-state index in [1.54, 1.807) is 20.4 Å². The van der Waals surface area contributed by atoms with Crippen molar-refractivity contribution >= 4 is 0 Å². The lowest BCUT2D eigenvalue weighted by Crippen LogP contribution is -2.07. The molecule has 0 amide bonds. The minimum absolute atomic E-state index is 0.0506. The van der Waals surface area contributed by atoms with Crippen LogP contribution in [0.4, 0.5) is 0 Å². The summed E-state index contributed by atoms with van der Waals surface area (Å²) in [7, 11) is 3.27. The first-order valence-corrected chi connectivity index (χ1v) is 6.11. The van der Waals surface area contributed by atoms with Crippen LogP contribution in [0.15, 0.2) is 24.4 Å². The molecule has 0 saturated heterocycles. The Bertz CT molecular complexity index is 576. The monoisotopic (exact) mass is 261 g/mol. The second-order valence-electron chi connectivity index (χ2n) is 4.42. The molecule has 0 aliphatic heterocycles. The Labute approximate surface area is 112 Å². The summed E-state index contributed by atoms with van der Waals surface area (Å²) in [6.07, 6.45) is 1.79. The van der Waals surface area contributed by atoms with E-state index >= 15 is 0 Å². The van der Waals surface area contributed by atoms with Gasteiger partial charge in [-0.25, -0.2) is 4.68 Å². The predicted octanol–water partition coefficient (Wildman–Crippen LogP) is 2.22. The number of ether oxygens (including phenoxy) is 2. The van der Waals surface area contributed by atoms with Gasteiger partial charge in [0.1, 0.15) is 17.2 Å². The molecule has 0 aliphatic rings. The number of methoxy groups -OCH3 is 2. The lowest BCUT2D eigenvalue weighted by molar-refractivity contribution is 0.400. The van der Waals surface area contributed by atoms with Gasteiger partial charge in [0, 0.05) is 23.4 Å². The maximum atomic E-state index is 5.92. The van der Waals surface area contributed by atoms with Crippen molar-refractivity contribution in [1.29, 1.82) is 0 Å². The van der Waals surface area contributed by atoms with Crippen LogP contribution in [0.1, 0.15) is 24.2 Å². The molecule has 0 radical (unpaired) electrons. The van der Waals surface area contributed by atoms with E-state index in [-0.39, 0.29) is 6.04 Å². The molecule has 1 atom stereocenters. The third-order valence-corrected chi connectivity index (χ3v) is 3.15. The predicted molar refractivity (Wildman–Crippen MR) is 74.0 cm³/mol. The van der Waals surface area contributed by atoms with E-state index in [2.05, 4.69) is 5.10 Å². The van der Waals surface area contributed by atoms with E-state index in [4.69, 9.17) is 15.2 Å². The molecule has 2 N–H and O–H groups in total. The van der Waals surface area contributed by atoms with Crippen LogP contribution in [-0.4, -0.2) is 24.0 Å². The molecule has 0 saturated carbocycles. The molecule has 2 aromatic rings. The first-order valence-electron chi connectivity index (χ1n) is 6.11. The average Bonchev–Trinajstić information content (AvgIpc) is 2.79. The zero-order valence-corrected chi connectivity index (χ0v) is 11.7. The molecule has 1 aromatic carbocycles. The molecule has 0 spiro atoms. The molecule has 102 valence electrons. The Balaban J connectivity index is 2.57. The summed E-state index contributed by atoms with van der Waals surface area (Å²) in [6.45, 7) is 3.93. The highest BCUT2D eigenvalue weighted by atomic mass is 16.5. The van der Waals surface area contributed by atoms with Crippen LogP contribution < -0.4 is 15.2 Å². The van der Waals surface area contributed by atoms with Crippen LogP contribution in [0.3, 0.4) is 0 Å². The lowest BCUT2D eigenvalue weighted by atomic mass is 10.1. The molecule has 2 rings (SSSR count). The van der Waals surface area contributed by atoms with Crippen molar-refractivity contribution in [3.63, 3.8) is 0 Å². The summed E-state index contributed by atoms with van der Waals surface area (Å²) >= 11 is 0. The van der Waals surface area contributed by atoms with Gasteiger partial charge in [-0.1, -0.05) is 0 Å². The van der Waals surface area contributed by atoms with E-state index in [0.29, 0.717) is 0 Å². The third-order valence-electron chi connectivity index (χ3n) is 3.15. The summed E-state index contributed by atoms with van der Waals surface area (Å²) in [5.41, 5.74) is 8.78. The minimum atomic E-state index is -0.0506. The summed E-state index contributed by atoms with van der Waals surface area (Å²) in [5, 5.41) is 4.39. The highest BCUT2D eigenvalue weighted by Crippen LogP contribution is 2.29. The molecular formula is C14H19N3O2. The average molecular weight is 261 g/mol. The van der Waals surface area contributed by atoms with Gasteiger partial charge in [0.25, 0.3) is 0 Å². The van der Waals surface area contributed by atoms with E-state index < -0.39 is 0 Å². The largest absolute Gasteiger partial charge is 0.497 e. The summed E-state index contributed by atoms with van der Waals surface area (Å²) in [4.78, 5) is 0. The summed E-state index contributed by atoms with van der Waals surface area (Å²) < 4.78 is 12.4. The third kappa shape index (κ3) is 2.42. The van der Waals surface area contributed by atoms with Crippen LogP contribution in [0.2, 0.25) is 0 Å². The molecule has 5 heteroatoms. The van der Waals surface area contributed by atoms with Gasteiger partial charge in [0.05, 0.1) is 20.4 Å². The Morgan fingerprint density at radius 3 is 2.53 bits per heavy atom. The van der Waals surface area contributed by atoms with E-state index in [1.165, 1.54) is 0 Å². The molecule has 1 unspecified atom stereocenters. The van der Waals surface area contributed by atoms with Crippen LogP contribution in [-0.2, 0) is 0 Å². The fraction of sp³-hybridized carbons (Fsp3) is 0.357. The number of nitrogens with two attached hydrogens (primary N) is 1. The first kappa shape index (κ1) is 13.4. The van der Waals surface area contributed by atoms with Crippen molar-refractivity contribution < 1.29 is 9.47 Å². The molecular weight excluding hydrogens is 242 g/mol. The number of hydrogen-bond donors (Lipinski definition) is 1. The van der Waals surface area contributed by atoms with Crippen molar-refractivity contribution in [3.05, 3.63) is 35.7 Å². The number of benzene rings is 1. The molecule has 19 heavy (non-hydrogen) atoms. The molecule has 5 nitrogen and oxygen atoms in total. The fourth-order valence-electron chi connectivity index (χ4n) is 2.07. The zero-order chi connectivity index (χ0) is 14.0. The van der Waals surface area contributed by atoms with E-state index in [1.807, 2.05) is 36.7 Å². The quantitative estimate of drug-likeness (QED) is 0.916. The Morgan fingerprint density at radius 2 is 2.00 bits per heavy atom. The smallest absolute Gasteiger partial charge is 0.144 e. The van der Waals surface area contributed by atoms with Gasteiger partial charge in [0.15, 0.2) is 0 Å². The van der Waals surface area contributed by atoms with Gasteiger partial charge < -0.3 is 15.2 Å². The van der Waals surface area contributed by atoms with Crippen molar-refractivity contribution in [1.82, 2.24) is 9.78 Å². The highest BCUT2D eigenvalue weighted by Gasteiger charge is 2.15. The van der Waals surface area contributed by atoms with Crippen LogP contribution in [0.5, 0.6) is 11.5 Å². The molecule has 0 bridgehead atoms. The maximum Gasteiger partial charge on any atom is 0.144 e. The van der Waals surface area contributed by atoms with Crippen molar-refractivity contribution in [2.75, 3.05) is 14.2 Å². The first-order chi connectivity index (χ1) is 9.08. The van der Waals surface area contributed by atoms with Crippen LogP contribution in [0.25, 0.3) is 5.69 Å². The zero-order valence-electron chi connectivity index (χ0n) is 11.7. The lowest BCUT2D eigenvalue weighted by Gasteiger charge is -2.12. The normalized spacial score (nSPS) is 12.3. The molecule has 0 aliphatic carbocycles. The van der Waals surface area contributed by atoms with E-state index in [9.17, 15) is 0 Å². The maximum absolute atomic E-state index is 5.92. The molecule has 1 heterocycles. The van der Waals surface area contributed by atoms with Crippen molar-refractivity contribution in [3.8, 4) is 17.2 Å². The number of rotatable bonds is 4. The number of nitrogens with zero attached hydrogens (tertiary/aromatic N) is 2. The highest BCUT2D eigenvalue weighted by molar-refractivity contribution is 5.52. The second-order valence-corrected chi connectivity index (χ2v) is 4.42. The van der Waals surface area contributed by atoms with Crippen molar-refractivity contribution in [2.24, 2.45) is 5.73 Å². The van der Waals surface area contributed by atoms with E-state index in [0.717, 1.165) is 28.4 Å². The summed E-state index contributed by atoms with van der Waals surface area (Å²) in [6, 6.07) is 5.56. The standard InChI is InChI=1S/C14H19N3O2/c1-9(15)12-8-16-17(10(12)2)13-7-11(18-3)5-6-14(13)19-4/h5-9H,15H2,1-4H3. The Kier molecular flexibility index (Phi) is 3.76. The molecule has 0 fully saturated rings. The number of hydrogen-bond acceptors (Lipinski definition) is 4. The van der Waals surface area contributed by atoms with Crippen LogP contribution >= 0.6 is 0 Å². The van der Waals surface area contributed by atoms with Gasteiger partial charge in [-0.3, -0.25) is 0 Å². The Hall–Kier alpha value is -2.01. The van der Waals surface area contributed by atoms with Gasteiger partial charge in [-0.2, -0.15) is 5.10 Å². The SMILES string of the molecule is COc1ccc(OC)c(-n2ncc(C(C)N)c2C)c1. The topological polar surface area (TPSA) is 62.3 Å². The van der Waals surface area contributed by atoms with Crippen LogP contribution in [0, 0.1) is 6.92 Å². The van der Waals surface area contributed by atoms with Gasteiger partial charge >= 0.3 is 0 Å². The van der Waals surface area contributed by atoms with Gasteiger partial charge in [0.2, 0.25) is 0 Å². The molecule has 1 aromatic heterocycles.